The van der Waals surface area contributed by atoms with Crippen LogP contribution in [0.1, 0.15) is 5.56 Å². The molecule has 4 rings (SSSR count). The van der Waals surface area contributed by atoms with Crippen molar-refractivity contribution in [3.05, 3.63) is 28.8 Å². The fourth-order valence-corrected chi connectivity index (χ4v) is 3.20. The highest BCUT2D eigenvalue weighted by Crippen LogP contribution is 2.24. The van der Waals surface area contributed by atoms with Gasteiger partial charge in [0.05, 0.1) is 26.4 Å². The minimum Gasteiger partial charge on any atom is -0.378 e. The van der Waals surface area contributed by atoms with E-state index in [-0.39, 0.29) is 12.4 Å². The molecule has 10 heteroatoms. The van der Waals surface area contributed by atoms with Crippen molar-refractivity contribution < 1.29 is 9.47 Å². The molecule has 2 aliphatic rings. The lowest BCUT2D eigenvalue weighted by Crippen LogP contribution is -2.40. The highest BCUT2D eigenvalue weighted by Gasteiger charge is 2.20. The molecule has 1 aromatic heterocycles. The highest BCUT2D eigenvalue weighted by atomic mass is 35.5. The van der Waals surface area contributed by atoms with Gasteiger partial charge in [0.2, 0.25) is 17.8 Å². The number of hydrogen-bond donors (Lipinski definition) is 1. The Bertz CT molecular complexity index is 761. The van der Waals surface area contributed by atoms with Crippen molar-refractivity contribution in [2.75, 3.05) is 67.7 Å². The van der Waals surface area contributed by atoms with Gasteiger partial charge in [-0.15, -0.1) is 12.4 Å². The van der Waals surface area contributed by atoms with Gasteiger partial charge in [-0.25, -0.2) is 0 Å². The number of rotatable bonds is 4. The summed E-state index contributed by atoms with van der Waals surface area (Å²) in [7, 11) is 0. The summed E-state index contributed by atoms with van der Waals surface area (Å²) in [4.78, 5) is 18.2. The number of aromatic nitrogens is 3. The van der Waals surface area contributed by atoms with Gasteiger partial charge in [0.1, 0.15) is 0 Å². The van der Waals surface area contributed by atoms with Gasteiger partial charge in [0.15, 0.2) is 0 Å². The van der Waals surface area contributed by atoms with Gasteiger partial charge < -0.3 is 24.6 Å². The summed E-state index contributed by atoms with van der Waals surface area (Å²) in [5, 5.41) is 3.97. The first-order valence-corrected chi connectivity index (χ1v) is 9.51. The zero-order valence-electron chi connectivity index (χ0n) is 15.7. The number of ether oxygens (including phenoxy) is 2. The third kappa shape index (κ3) is 4.94. The molecule has 0 saturated carbocycles. The molecule has 3 heterocycles. The number of halogens is 2. The lowest BCUT2D eigenvalue weighted by Gasteiger charge is -2.30. The van der Waals surface area contributed by atoms with E-state index in [1.165, 1.54) is 0 Å². The summed E-state index contributed by atoms with van der Waals surface area (Å²) in [5.74, 6) is 1.83. The maximum Gasteiger partial charge on any atom is 0.233 e. The number of aryl methyl sites for hydroxylation is 1. The molecular weight excluding hydrogens is 403 g/mol. The Balaban J connectivity index is 0.00000225. The maximum absolute atomic E-state index is 6.25. The average Bonchev–Trinajstić information content (AvgIpc) is 2.72. The van der Waals surface area contributed by atoms with Crippen molar-refractivity contribution in [2.45, 2.75) is 6.92 Å². The second-order valence-electron chi connectivity index (χ2n) is 6.55. The number of morpholine rings is 2. The largest absolute Gasteiger partial charge is 0.378 e. The van der Waals surface area contributed by atoms with Crippen LogP contribution in [-0.4, -0.2) is 67.6 Å². The van der Waals surface area contributed by atoms with Crippen LogP contribution in [0.15, 0.2) is 18.2 Å². The van der Waals surface area contributed by atoms with Crippen LogP contribution in [0.25, 0.3) is 0 Å². The second-order valence-corrected chi connectivity index (χ2v) is 6.95. The molecule has 0 radical (unpaired) electrons. The van der Waals surface area contributed by atoms with E-state index in [2.05, 4.69) is 25.1 Å². The summed E-state index contributed by atoms with van der Waals surface area (Å²) in [6.45, 7) is 7.74. The van der Waals surface area contributed by atoms with Crippen LogP contribution in [0.5, 0.6) is 0 Å². The van der Waals surface area contributed by atoms with E-state index in [0.717, 1.165) is 37.4 Å². The van der Waals surface area contributed by atoms with Crippen molar-refractivity contribution in [3.63, 3.8) is 0 Å². The first-order chi connectivity index (χ1) is 13.2. The van der Waals surface area contributed by atoms with Crippen LogP contribution < -0.4 is 15.1 Å². The van der Waals surface area contributed by atoms with Crippen molar-refractivity contribution >= 4 is 47.5 Å². The molecule has 0 amide bonds. The molecule has 2 aliphatic heterocycles. The van der Waals surface area contributed by atoms with Crippen LogP contribution >= 0.6 is 24.0 Å². The molecular formula is C18H24Cl2N6O2. The Labute approximate surface area is 175 Å². The van der Waals surface area contributed by atoms with Crippen molar-refractivity contribution in [1.29, 1.82) is 0 Å². The minimum atomic E-state index is 0. The van der Waals surface area contributed by atoms with Crippen molar-refractivity contribution in [3.8, 4) is 0 Å². The first-order valence-electron chi connectivity index (χ1n) is 9.14. The smallest absolute Gasteiger partial charge is 0.233 e. The molecule has 0 spiro atoms. The van der Waals surface area contributed by atoms with Crippen LogP contribution in [0, 0.1) is 6.92 Å². The number of nitrogens with zero attached hydrogens (tertiary/aromatic N) is 5. The van der Waals surface area contributed by atoms with Gasteiger partial charge >= 0.3 is 0 Å². The quantitative estimate of drug-likeness (QED) is 0.799. The molecule has 28 heavy (non-hydrogen) atoms. The van der Waals surface area contributed by atoms with E-state index in [0.29, 0.717) is 49.3 Å². The molecule has 1 N–H and O–H groups in total. The topological polar surface area (TPSA) is 75.6 Å². The molecule has 2 saturated heterocycles. The minimum absolute atomic E-state index is 0. The average molecular weight is 427 g/mol. The Hall–Kier alpha value is -1.87. The third-order valence-electron chi connectivity index (χ3n) is 4.63. The van der Waals surface area contributed by atoms with Gasteiger partial charge in [0.25, 0.3) is 0 Å². The normalized spacial score (nSPS) is 17.2. The standard InChI is InChI=1S/C18H23ClN6O2.ClH/c1-13-2-3-14(12-15(13)19)20-16-21-17(24-4-8-26-9-5-24)23-18(22-16)25-6-10-27-11-7-25;/h2-3,12H,4-11H2,1H3,(H,20,21,22,23);1H. The summed E-state index contributed by atoms with van der Waals surface area (Å²) in [6, 6.07) is 5.81. The van der Waals surface area contributed by atoms with Gasteiger partial charge in [-0.2, -0.15) is 15.0 Å². The molecule has 0 atom stereocenters. The summed E-state index contributed by atoms with van der Waals surface area (Å²) in [5.41, 5.74) is 1.87. The van der Waals surface area contributed by atoms with Gasteiger partial charge in [-0.1, -0.05) is 17.7 Å². The summed E-state index contributed by atoms with van der Waals surface area (Å²) < 4.78 is 10.9. The molecule has 0 aliphatic carbocycles. The van der Waals surface area contributed by atoms with Crippen LogP contribution in [-0.2, 0) is 9.47 Å². The molecule has 0 bridgehead atoms. The number of anilines is 4. The Morgan fingerprint density at radius 2 is 1.43 bits per heavy atom. The Morgan fingerprint density at radius 1 is 0.893 bits per heavy atom. The van der Waals surface area contributed by atoms with Crippen molar-refractivity contribution in [1.82, 2.24) is 15.0 Å². The Morgan fingerprint density at radius 3 is 1.93 bits per heavy atom. The molecule has 2 fully saturated rings. The maximum atomic E-state index is 6.25. The predicted molar refractivity (Wildman–Crippen MR) is 113 cm³/mol. The van der Waals surface area contributed by atoms with E-state index in [1.807, 2.05) is 25.1 Å². The van der Waals surface area contributed by atoms with Crippen LogP contribution in [0.3, 0.4) is 0 Å². The molecule has 1 aromatic carbocycles. The highest BCUT2D eigenvalue weighted by molar-refractivity contribution is 6.31. The van der Waals surface area contributed by atoms with Crippen LogP contribution in [0.2, 0.25) is 5.02 Å². The molecule has 152 valence electrons. The van der Waals surface area contributed by atoms with Gasteiger partial charge in [-0.3, -0.25) is 0 Å². The SMILES string of the molecule is Cc1ccc(Nc2nc(N3CCOCC3)nc(N3CCOCC3)n2)cc1Cl.Cl. The number of benzene rings is 1. The van der Waals surface area contributed by atoms with Gasteiger partial charge in [-0.05, 0) is 24.6 Å². The number of hydrogen-bond acceptors (Lipinski definition) is 8. The van der Waals surface area contributed by atoms with E-state index in [1.54, 1.807) is 0 Å². The predicted octanol–water partition coefficient (Wildman–Crippen LogP) is 2.67. The Kier molecular flexibility index (Phi) is 7.12. The molecule has 2 aromatic rings. The number of nitrogens with one attached hydrogen (secondary N) is 1. The molecule has 8 nitrogen and oxygen atoms in total. The fraction of sp³-hybridized carbons (Fsp3) is 0.500. The van der Waals surface area contributed by atoms with E-state index in [4.69, 9.17) is 26.1 Å². The third-order valence-corrected chi connectivity index (χ3v) is 5.03. The molecule has 0 unspecified atom stereocenters. The van der Waals surface area contributed by atoms with E-state index in [9.17, 15) is 0 Å². The van der Waals surface area contributed by atoms with Crippen LogP contribution in [0.4, 0.5) is 23.5 Å². The fourth-order valence-electron chi connectivity index (χ4n) is 3.02. The summed E-state index contributed by atoms with van der Waals surface area (Å²) >= 11 is 6.25. The van der Waals surface area contributed by atoms with Gasteiger partial charge in [0, 0.05) is 36.9 Å². The van der Waals surface area contributed by atoms with Crippen molar-refractivity contribution in [2.24, 2.45) is 0 Å². The second kappa shape index (κ2) is 9.56. The summed E-state index contributed by atoms with van der Waals surface area (Å²) in [6.07, 6.45) is 0. The lowest BCUT2D eigenvalue weighted by molar-refractivity contribution is 0.121. The lowest BCUT2D eigenvalue weighted by atomic mass is 10.2. The van der Waals surface area contributed by atoms with E-state index >= 15 is 0 Å². The zero-order valence-corrected chi connectivity index (χ0v) is 17.3. The monoisotopic (exact) mass is 426 g/mol. The zero-order chi connectivity index (χ0) is 18.6. The first kappa shape index (κ1) is 20.9. The van der Waals surface area contributed by atoms with E-state index < -0.39 is 0 Å².